The molecule has 0 aliphatic carbocycles. The zero-order valence-electron chi connectivity index (χ0n) is 13.0. The first kappa shape index (κ1) is 17.4. The predicted octanol–water partition coefficient (Wildman–Crippen LogP) is 2.40. The Morgan fingerprint density at radius 2 is 1.96 bits per heavy atom. The van der Waals surface area contributed by atoms with E-state index in [4.69, 9.17) is 0 Å². The molecule has 2 aromatic rings. The van der Waals surface area contributed by atoms with E-state index in [1.807, 2.05) is 13.8 Å². The van der Waals surface area contributed by atoms with E-state index < -0.39 is 14.8 Å². The molecule has 0 fully saturated rings. The molecule has 0 radical (unpaired) electrons. The van der Waals surface area contributed by atoms with Crippen molar-refractivity contribution in [1.82, 2.24) is 14.8 Å². The molecule has 1 aromatic carbocycles. The van der Waals surface area contributed by atoms with Crippen LogP contribution in [0.3, 0.4) is 0 Å². The quantitative estimate of drug-likeness (QED) is 0.598. The van der Waals surface area contributed by atoms with Gasteiger partial charge in [0.15, 0.2) is 15.0 Å². The Bertz CT molecular complexity index is 859. The molecule has 0 bridgehead atoms. The molecule has 1 aromatic heterocycles. The molecule has 0 amide bonds. The van der Waals surface area contributed by atoms with Gasteiger partial charge in [0.05, 0.1) is 9.82 Å². The Morgan fingerprint density at radius 3 is 2.43 bits per heavy atom. The van der Waals surface area contributed by atoms with Gasteiger partial charge in [0, 0.05) is 36.2 Å². The minimum atomic E-state index is -3.61. The molecule has 23 heavy (non-hydrogen) atoms. The molecule has 0 N–H and O–H groups in total. The van der Waals surface area contributed by atoms with Gasteiger partial charge in [0.1, 0.15) is 5.82 Å². The summed E-state index contributed by atoms with van der Waals surface area (Å²) in [6.07, 6.45) is 1.02. The monoisotopic (exact) mass is 356 g/mol. The van der Waals surface area contributed by atoms with Crippen LogP contribution in [0, 0.1) is 10.1 Å². The minimum absolute atomic E-state index is 0.0919. The highest BCUT2D eigenvalue weighted by Gasteiger charge is 2.21. The van der Waals surface area contributed by atoms with Gasteiger partial charge in [-0.05, 0) is 17.8 Å². The number of rotatable bonds is 5. The van der Waals surface area contributed by atoms with Crippen molar-refractivity contribution < 1.29 is 13.3 Å². The van der Waals surface area contributed by atoms with E-state index in [1.165, 1.54) is 12.1 Å². The highest BCUT2D eigenvalue weighted by atomic mass is 32.2. The van der Waals surface area contributed by atoms with Gasteiger partial charge in [-0.15, -0.1) is 10.2 Å². The van der Waals surface area contributed by atoms with Crippen LogP contribution in [0.15, 0.2) is 33.1 Å². The van der Waals surface area contributed by atoms with Crippen LogP contribution in [-0.2, 0) is 16.9 Å². The fourth-order valence-electron chi connectivity index (χ4n) is 2.00. The second-order valence-electron chi connectivity index (χ2n) is 5.32. The molecule has 0 aliphatic rings. The summed E-state index contributed by atoms with van der Waals surface area (Å²) in [4.78, 5) is 10.5. The van der Waals surface area contributed by atoms with Gasteiger partial charge in [-0.2, -0.15) is 0 Å². The van der Waals surface area contributed by atoms with Crippen molar-refractivity contribution in [3.05, 3.63) is 34.1 Å². The summed E-state index contributed by atoms with van der Waals surface area (Å²) in [6.45, 7) is 3.96. The predicted molar refractivity (Wildman–Crippen MR) is 85.4 cm³/mol. The summed E-state index contributed by atoms with van der Waals surface area (Å²) < 4.78 is 25.7. The lowest BCUT2D eigenvalue weighted by Crippen LogP contribution is -2.03. The lowest BCUT2D eigenvalue weighted by atomic mass is 10.2. The second-order valence-corrected chi connectivity index (χ2v) is 8.31. The van der Waals surface area contributed by atoms with Crippen LogP contribution in [-0.4, -0.2) is 34.4 Å². The van der Waals surface area contributed by atoms with E-state index in [2.05, 4.69) is 10.2 Å². The van der Waals surface area contributed by atoms with Crippen molar-refractivity contribution in [2.75, 3.05) is 6.26 Å². The molecule has 0 aliphatic heterocycles. The van der Waals surface area contributed by atoms with Crippen LogP contribution in [0.1, 0.15) is 25.6 Å². The molecule has 0 saturated carbocycles. The van der Waals surface area contributed by atoms with Gasteiger partial charge in [-0.1, -0.05) is 13.8 Å². The maximum absolute atomic E-state index is 11.9. The van der Waals surface area contributed by atoms with Crippen molar-refractivity contribution in [3.8, 4) is 0 Å². The minimum Gasteiger partial charge on any atom is -0.309 e. The molecular formula is C13H16N4O4S2. The van der Waals surface area contributed by atoms with Gasteiger partial charge in [0.2, 0.25) is 0 Å². The summed E-state index contributed by atoms with van der Waals surface area (Å²) in [5, 5.41) is 19.5. The van der Waals surface area contributed by atoms with E-state index in [9.17, 15) is 18.5 Å². The Labute approximate surface area is 138 Å². The first-order valence-corrected chi connectivity index (χ1v) is 9.37. The topological polar surface area (TPSA) is 108 Å². The summed E-state index contributed by atoms with van der Waals surface area (Å²) in [5.41, 5.74) is -0.268. The maximum atomic E-state index is 11.9. The van der Waals surface area contributed by atoms with Gasteiger partial charge < -0.3 is 4.57 Å². The molecule has 10 heteroatoms. The lowest BCUT2D eigenvalue weighted by Gasteiger charge is -2.08. The van der Waals surface area contributed by atoms with E-state index in [-0.39, 0.29) is 16.5 Å². The second kappa shape index (κ2) is 6.28. The average molecular weight is 356 g/mol. The van der Waals surface area contributed by atoms with E-state index in [0.29, 0.717) is 10.1 Å². The van der Waals surface area contributed by atoms with Gasteiger partial charge in [0.25, 0.3) is 5.69 Å². The van der Waals surface area contributed by atoms with Crippen LogP contribution in [0.5, 0.6) is 0 Å². The smallest absolute Gasteiger partial charge is 0.270 e. The highest BCUT2D eigenvalue weighted by Crippen LogP contribution is 2.34. The molecule has 0 spiro atoms. The Balaban J connectivity index is 2.50. The largest absolute Gasteiger partial charge is 0.309 e. The van der Waals surface area contributed by atoms with E-state index >= 15 is 0 Å². The van der Waals surface area contributed by atoms with Gasteiger partial charge >= 0.3 is 0 Å². The summed E-state index contributed by atoms with van der Waals surface area (Å²) >= 11 is 1.11. The number of hydrogen-bond donors (Lipinski definition) is 0. The number of aromatic nitrogens is 3. The molecule has 0 atom stereocenters. The summed E-state index contributed by atoms with van der Waals surface area (Å²) in [5.74, 6) is 0.948. The Kier molecular flexibility index (Phi) is 4.76. The number of sulfone groups is 1. The number of nitro benzene ring substituents is 1. The number of benzene rings is 1. The number of hydrogen-bond acceptors (Lipinski definition) is 7. The third kappa shape index (κ3) is 3.70. The molecule has 0 saturated heterocycles. The molecule has 8 nitrogen and oxygen atoms in total. The summed E-state index contributed by atoms with van der Waals surface area (Å²) in [7, 11) is -1.82. The van der Waals surface area contributed by atoms with E-state index in [1.54, 1.807) is 11.6 Å². The van der Waals surface area contributed by atoms with Crippen molar-refractivity contribution >= 4 is 27.3 Å². The van der Waals surface area contributed by atoms with Crippen LogP contribution < -0.4 is 0 Å². The van der Waals surface area contributed by atoms with Crippen molar-refractivity contribution in [3.63, 3.8) is 0 Å². The first-order valence-electron chi connectivity index (χ1n) is 6.67. The number of nitro groups is 1. The number of nitrogens with zero attached hydrogens (tertiary/aromatic N) is 4. The fourth-order valence-corrected chi connectivity index (χ4v) is 4.15. The number of non-ortho nitro benzene ring substituents is 1. The first-order chi connectivity index (χ1) is 10.6. The van der Waals surface area contributed by atoms with E-state index in [0.717, 1.165) is 29.9 Å². The lowest BCUT2D eigenvalue weighted by molar-refractivity contribution is -0.385. The van der Waals surface area contributed by atoms with Crippen LogP contribution >= 0.6 is 11.8 Å². The SMILES string of the molecule is CC(C)c1nnc(Sc2ccc([N+](=O)[O-])cc2S(C)(=O)=O)n1C. The van der Waals surface area contributed by atoms with Crippen LogP contribution in [0.4, 0.5) is 5.69 Å². The standard InChI is InChI=1S/C13H16N4O4S2/c1-8(2)12-14-15-13(16(12)3)22-10-6-5-9(17(18)19)7-11(10)23(4,20)21/h5-8H,1-4H3. The van der Waals surface area contributed by atoms with Crippen molar-refractivity contribution in [1.29, 1.82) is 0 Å². The molecule has 2 rings (SSSR count). The van der Waals surface area contributed by atoms with Gasteiger partial charge in [-0.25, -0.2) is 8.42 Å². The Morgan fingerprint density at radius 1 is 1.30 bits per heavy atom. The summed E-state index contributed by atoms with van der Waals surface area (Å²) in [6, 6.07) is 3.76. The normalized spacial score (nSPS) is 11.9. The van der Waals surface area contributed by atoms with Crippen molar-refractivity contribution in [2.24, 2.45) is 7.05 Å². The zero-order chi connectivity index (χ0) is 17.4. The highest BCUT2D eigenvalue weighted by molar-refractivity contribution is 8.00. The third-order valence-electron chi connectivity index (χ3n) is 3.12. The third-order valence-corrected chi connectivity index (χ3v) is 5.50. The molecule has 124 valence electrons. The zero-order valence-corrected chi connectivity index (χ0v) is 14.7. The van der Waals surface area contributed by atoms with Crippen LogP contribution in [0.25, 0.3) is 0 Å². The fraction of sp³-hybridized carbons (Fsp3) is 0.385. The average Bonchev–Trinajstić information content (AvgIpc) is 2.79. The molecule has 1 heterocycles. The van der Waals surface area contributed by atoms with Gasteiger partial charge in [-0.3, -0.25) is 10.1 Å². The molecular weight excluding hydrogens is 340 g/mol. The molecule has 0 unspecified atom stereocenters. The Hall–Kier alpha value is -1.94. The van der Waals surface area contributed by atoms with Crippen LogP contribution in [0.2, 0.25) is 0 Å². The maximum Gasteiger partial charge on any atom is 0.270 e. The van der Waals surface area contributed by atoms with Crippen molar-refractivity contribution in [2.45, 2.75) is 34.7 Å².